The maximum absolute atomic E-state index is 15.0. The summed E-state index contributed by atoms with van der Waals surface area (Å²) in [5.74, 6) is 0.566. The highest BCUT2D eigenvalue weighted by Crippen LogP contribution is 2.34. The number of likely N-dealkylation sites (N-methyl/N-ethyl adjacent to an activating group) is 2. The van der Waals surface area contributed by atoms with Crippen molar-refractivity contribution in [3.8, 4) is 22.5 Å². The monoisotopic (exact) mass is 1070 g/mol. The van der Waals surface area contributed by atoms with Gasteiger partial charge in [0.25, 0.3) is 0 Å². The van der Waals surface area contributed by atoms with E-state index in [9.17, 15) is 17.6 Å². The Morgan fingerprint density at radius 1 is 0.474 bits per heavy atom. The molecule has 2 N–H and O–H groups in total. The number of hydrogen-bond acceptors (Lipinski definition) is 14. The van der Waals surface area contributed by atoms with Crippen LogP contribution in [0.5, 0.6) is 0 Å². The SMILES string of the molecule is CC[C@@H](c1ccc(Nc2ncc(F)c(-c3cc(F)c4nc(C)n(C(C)C)c4c3)n2)nc1)N1CCN(CC)CC1.CC[C@H](c1ccc(Nc2ncc(F)c(-c3cc(F)c4nc(C)n(C(C)C)c4c3)n2)nc1)N1CCN(CC)CC1. The van der Waals surface area contributed by atoms with Gasteiger partial charge in [-0.2, -0.15) is 0 Å². The predicted octanol–water partition coefficient (Wildman–Crippen LogP) is 11.8. The van der Waals surface area contributed by atoms with Gasteiger partial charge < -0.3 is 29.6 Å². The molecule has 8 aromatic rings. The summed E-state index contributed by atoms with van der Waals surface area (Å²) in [7, 11) is 0. The van der Waals surface area contributed by atoms with E-state index in [-0.39, 0.29) is 46.4 Å². The van der Waals surface area contributed by atoms with Gasteiger partial charge in [-0.15, -0.1) is 0 Å². The van der Waals surface area contributed by atoms with Crippen molar-refractivity contribution in [2.75, 3.05) is 76.1 Å². The average molecular weight is 1070 g/mol. The summed E-state index contributed by atoms with van der Waals surface area (Å²) < 4.78 is 63.6. The minimum Gasteiger partial charge on any atom is -0.326 e. The molecule has 0 radical (unpaired) electrons. The number of rotatable bonds is 16. The van der Waals surface area contributed by atoms with Gasteiger partial charge in [0.05, 0.1) is 23.4 Å². The zero-order valence-corrected chi connectivity index (χ0v) is 46.5. The van der Waals surface area contributed by atoms with Crippen molar-refractivity contribution in [1.29, 1.82) is 0 Å². The normalized spacial score (nSPS) is 15.8. The molecule has 412 valence electrons. The first-order valence-electron chi connectivity index (χ1n) is 27.4. The van der Waals surface area contributed by atoms with E-state index in [0.717, 1.165) is 102 Å². The fourth-order valence-corrected chi connectivity index (χ4v) is 11.1. The first kappa shape index (κ1) is 55.7. The van der Waals surface area contributed by atoms with Gasteiger partial charge in [-0.25, -0.2) is 57.4 Å². The first-order chi connectivity index (χ1) is 37.6. The fourth-order valence-electron chi connectivity index (χ4n) is 11.1. The third kappa shape index (κ3) is 12.0. The lowest BCUT2D eigenvalue weighted by molar-refractivity contribution is 0.0970. The van der Waals surface area contributed by atoms with Gasteiger partial charge in [-0.1, -0.05) is 39.8 Å². The molecule has 2 aliphatic rings. The smallest absolute Gasteiger partial charge is 0.229 e. The van der Waals surface area contributed by atoms with E-state index in [1.165, 1.54) is 12.1 Å². The van der Waals surface area contributed by atoms with Crippen LogP contribution in [0.2, 0.25) is 0 Å². The van der Waals surface area contributed by atoms with Crippen LogP contribution in [0.4, 0.5) is 41.1 Å². The molecule has 0 bridgehead atoms. The van der Waals surface area contributed by atoms with E-state index in [1.54, 1.807) is 12.1 Å². The number of halogens is 4. The van der Waals surface area contributed by atoms with Crippen molar-refractivity contribution in [2.24, 2.45) is 0 Å². The Labute approximate surface area is 454 Å². The van der Waals surface area contributed by atoms with Crippen LogP contribution in [0.1, 0.15) is 115 Å². The van der Waals surface area contributed by atoms with Crippen molar-refractivity contribution in [2.45, 2.75) is 106 Å². The van der Waals surface area contributed by atoms with Crippen LogP contribution in [-0.2, 0) is 0 Å². The quantitative estimate of drug-likeness (QED) is 0.0884. The van der Waals surface area contributed by atoms with Gasteiger partial charge >= 0.3 is 0 Å². The van der Waals surface area contributed by atoms with E-state index < -0.39 is 23.3 Å². The highest BCUT2D eigenvalue weighted by molar-refractivity contribution is 5.84. The zero-order chi connectivity index (χ0) is 55.4. The predicted molar refractivity (Wildman–Crippen MR) is 300 cm³/mol. The average Bonchev–Trinajstić information content (AvgIpc) is 4.01. The number of aromatic nitrogens is 10. The Morgan fingerprint density at radius 3 is 1.18 bits per heavy atom. The van der Waals surface area contributed by atoms with Crippen LogP contribution in [0, 0.1) is 37.1 Å². The molecule has 2 aromatic carbocycles. The third-order valence-corrected chi connectivity index (χ3v) is 15.1. The first-order valence-corrected chi connectivity index (χ1v) is 27.4. The summed E-state index contributed by atoms with van der Waals surface area (Å²) in [5.41, 5.74) is 4.72. The maximum atomic E-state index is 15.0. The van der Waals surface area contributed by atoms with Crippen LogP contribution in [0.25, 0.3) is 44.6 Å². The highest BCUT2D eigenvalue weighted by atomic mass is 19.1. The van der Waals surface area contributed by atoms with Crippen LogP contribution in [0.3, 0.4) is 0 Å². The number of piperazine rings is 2. The number of anilines is 4. The van der Waals surface area contributed by atoms with E-state index >= 15 is 0 Å². The summed E-state index contributed by atoms with van der Waals surface area (Å²) in [5, 5.41) is 6.14. The van der Waals surface area contributed by atoms with E-state index in [0.29, 0.717) is 57.5 Å². The summed E-state index contributed by atoms with van der Waals surface area (Å²) in [6, 6.07) is 14.7. The molecule has 0 unspecified atom stereocenters. The van der Waals surface area contributed by atoms with Gasteiger partial charge in [0, 0.05) is 100 Å². The van der Waals surface area contributed by atoms with Crippen LogP contribution >= 0.6 is 0 Å². The van der Waals surface area contributed by atoms with E-state index in [4.69, 9.17) is 0 Å². The van der Waals surface area contributed by atoms with Gasteiger partial charge in [-0.05, 0) is 115 Å². The second-order valence-electron chi connectivity index (χ2n) is 20.7. The Morgan fingerprint density at radius 2 is 0.859 bits per heavy atom. The van der Waals surface area contributed by atoms with Crippen LogP contribution in [-0.4, -0.2) is 134 Å². The van der Waals surface area contributed by atoms with E-state index in [2.05, 4.69) is 110 Å². The van der Waals surface area contributed by atoms with E-state index in [1.807, 2.05) is 75.2 Å². The fraction of sp³-hybridized carbons (Fsp3) is 0.448. The summed E-state index contributed by atoms with van der Waals surface area (Å²) in [6.45, 7) is 31.2. The summed E-state index contributed by atoms with van der Waals surface area (Å²) in [4.78, 5) is 44.8. The maximum Gasteiger partial charge on any atom is 0.229 e. The minimum atomic E-state index is -0.635. The molecule has 16 nitrogen and oxygen atoms in total. The Balaban J connectivity index is 0.000000190. The second kappa shape index (κ2) is 24.3. The Bertz CT molecular complexity index is 3110. The highest BCUT2D eigenvalue weighted by Gasteiger charge is 2.26. The molecule has 0 saturated carbocycles. The number of imidazole rings is 2. The van der Waals surface area contributed by atoms with Crippen molar-refractivity contribution in [1.82, 2.24) is 68.6 Å². The summed E-state index contributed by atoms with van der Waals surface area (Å²) in [6.07, 6.45) is 7.95. The van der Waals surface area contributed by atoms with Crippen LogP contribution < -0.4 is 10.6 Å². The molecule has 2 saturated heterocycles. The van der Waals surface area contributed by atoms with Gasteiger partial charge in [0.2, 0.25) is 11.9 Å². The largest absolute Gasteiger partial charge is 0.326 e. The zero-order valence-electron chi connectivity index (χ0n) is 46.5. The molecule has 10 rings (SSSR count). The molecule has 8 heterocycles. The third-order valence-electron chi connectivity index (χ3n) is 15.1. The molecule has 20 heteroatoms. The number of benzene rings is 2. The number of hydrogen-bond donors (Lipinski definition) is 2. The lowest BCUT2D eigenvalue weighted by atomic mass is 10.0. The Hall–Kier alpha value is -7.00. The molecule has 6 aromatic heterocycles. The molecule has 0 amide bonds. The molecule has 0 spiro atoms. The lowest BCUT2D eigenvalue weighted by Crippen LogP contribution is -2.47. The standard InChI is InChI=1S/2C29H36F2N8/c2*1-6-24(38-12-10-37(7-2)11-13-38)20-8-9-26(32-16-20)35-29-33-17-23(31)27(36-29)21-14-22(30)28-25(15-21)39(18(3)4)19(5)34-28/h2*8-9,14-18,24H,6-7,10-13H2,1-5H3,(H,32,33,35,36)/t2*24-/m10/s1. The second-order valence-corrected chi connectivity index (χ2v) is 20.7. The number of fused-ring (bicyclic) bond motifs is 2. The summed E-state index contributed by atoms with van der Waals surface area (Å²) >= 11 is 0. The molecule has 0 aliphatic carbocycles. The van der Waals surface area contributed by atoms with Crippen LogP contribution in [0.15, 0.2) is 73.3 Å². The number of nitrogens with zero attached hydrogens (tertiary/aromatic N) is 14. The minimum absolute atomic E-state index is 0.0105. The molecular formula is C58H72F4N16. The van der Waals surface area contributed by atoms with Gasteiger partial charge in [-0.3, -0.25) is 9.80 Å². The molecule has 78 heavy (non-hydrogen) atoms. The lowest BCUT2D eigenvalue weighted by Gasteiger charge is -2.38. The van der Waals surface area contributed by atoms with Crippen molar-refractivity contribution < 1.29 is 17.6 Å². The molecule has 2 aliphatic heterocycles. The van der Waals surface area contributed by atoms with Crippen molar-refractivity contribution in [3.05, 3.63) is 119 Å². The van der Waals surface area contributed by atoms with Gasteiger partial charge in [0.1, 0.15) is 45.7 Å². The topological polar surface area (TPSA) is 150 Å². The van der Waals surface area contributed by atoms with Gasteiger partial charge in [0.15, 0.2) is 23.3 Å². The number of pyridine rings is 2. The molecule has 2 fully saturated rings. The molecular weight excluding hydrogens is 997 g/mol. The van der Waals surface area contributed by atoms with Crippen molar-refractivity contribution in [3.63, 3.8) is 0 Å². The van der Waals surface area contributed by atoms with Crippen molar-refractivity contribution >= 4 is 45.6 Å². The number of aryl methyl sites for hydroxylation is 2. The number of nitrogens with one attached hydrogen (secondary N) is 2. The Kier molecular flexibility index (Phi) is 17.4. The molecule has 2 atom stereocenters.